The fourth-order valence-corrected chi connectivity index (χ4v) is 6.15. The first-order valence-corrected chi connectivity index (χ1v) is 11.5. The first kappa shape index (κ1) is 21.0. The minimum atomic E-state index is -3.87. The van der Waals surface area contributed by atoms with Crippen LogP contribution in [0.2, 0.25) is 0 Å². The van der Waals surface area contributed by atoms with Gasteiger partial charge >= 0.3 is 0 Å². The van der Waals surface area contributed by atoms with Gasteiger partial charge in [0.1, 0.15) is 5.72 Å². The zero-order valence-electron chi connectivity index (χ0n) is 16.2. The second-order valence-corrected chi connectivity index (χ2v) is 9.40. The van der Waals surface area contributed by atoms with Gasteiger partial charge in [0.05, 0.1) is 4.90 Å². The minimum Gasteiger partial charge on any atom is -0.374 e. The Kier molecular flexibility index (Phi) is 6.88. The molecule has 2 aromatic carbocycles. The molecule has 1 fully saturated rings. The van der Waals surface area contributed by atoms with Crippen molar-refractivity contribution in [2.75, 3.05) is 6.54 Å². The SMILES string of the molecule is NCCC(O)(Cc1ccccc1)N(C1CCCCC1)S(=O)(=O)c1ccccc1. The number of nitrogens with zero attached hydrogens (tertiary/aromatic N) is 1. The molecule has 0 bridgehead atoms. The Morgan fingerprint density at radius 1 is 0.964 bits per heavy atom. The lowest BCUT2D eigenvalue weighted by Gasteiger charge is -2.44. The van der Waals surface area contributed by atoms with Gasteiger partial charge in [-0.15, -0.1) is 0 Å². The molecule has 1 aliphatic carbocycles. The summed E-state index contributed by atoms with van der Waals surface area (Å²) < 4.78 is 28.7. The molecule has 1 aliphatic rings. The second kappa shape index (κ2) is 9.18. The minimum absolute atomic E-state index is 0.185. The Morgan fingerprint density at radius 3 is 2.11 bits per heavy atom. The summed E-state index contributed by atoms with van der Waals surface area (Å²) in [4.78, 5) is 0.212. The van der Waals surface area contributed by atoms with E-state index in [1.807, 2.05) is 30.3 Å². The Labute approximate surface area is 168 Å². The quantitative estimate of drug-likeness (QED) is 0.664. The van der Waals surface area contributed by atoms with Gasteiger partial charge in [0.15, 0.2) is 0 Å². The maximum atomic E-state index is 13.7. The topological polar surface area (TPSA) is 83.6 Å². The van der Waals surface area contributed by atoms with Crippen LogP contribution < -0.4 is 5.73 Å². The lowest BCUT2D eigenvalue weighted by molar-refractivity contribution is -0.0873. The number of nitrogens with two attached hydrogens (primary N) is 1. The summed E-state index contributed by atoms with van der Waals surface area (Å²) in [5, 5.41) is 11.7. The van der Waals surface area contributed by atoms with Crippen molar-refractivity contribution >= 4 is 10.0 Å². The highest BCUT2D eigenvalue weighted by molar-refractivity contribution is 7.89. The molecule has 0 aliphatic heterocycles. The molecule has 5 nitrogen and oxygen atoms in total. The van der Waals surface area contributed by atoms with Crippen LogP contribution in [0.3, 0.4) is 0 Å². The van der Waals surface area contributed by atoms with Gasteiger partial charge in [-0.25, -0.2) is 8.42 Å². The van der Waals surface area contributed by atoms with Crippen LogP contribution in [0.15, 0.2) is 65.6 Å². The summed E-state index contributed by atoms with van der Waals surface area (Å²) >= 11 is 0. The van der Waals surface area contributed by atoms with Gasteiger partial charge in [0, 0.05) is 18.9 Å². The summed E-state index contributed by atoms with van der Waals surface area (Å²) in [6, 6.07) is 17.7. The molecule has 1 saturated carbocycles. The summed E-state index contributed by atoms with van der Waals surface area (Å²) in [7, 11) is -3.87. The Hall–Kier alpha value is -1.73. The van der Waals surface area contributed by atoms with Gasteiger partial charge in [0.25, 0.3) is 0 Å². The van der Waals surface area contributed by atoms with Crippen molar-refractivity contribution < 1.29 is 13.5 Å². The van der Waals surface area contributed by atoms with Crippen LogP contribution in [0.4, 0.5) is 0 Å². The van der Waals surface area contributed by atoms with Crippen LogP contribution in [-0.2, 0) is 16.4 Å². The van der Waals surface area contributed by atoms with Gasteiger partial charge in [-0.05, 0) is 37.1 Å². The van der Waals surface area contributed by atoms with Gasteiger partial charge in [-0.1, -0.05) is 67.8 Å². The van der Waals surface area contributed by atoms with E-state index < -0.39 is 15.7 Å². The van der Waals surface area contributed by atoms with E-state index in [1.54, 1.807) is 30.3 Å². The molecule has 0 aromatic heterocycles. The van der Waals surface area contributed by atoms with Crippen LogP contribution in [0.1, 0.15) is 44.1 Å². The molecule has 28 heavy (non-hydrogen) atoms. The first-order valence-electron chi connectivity index (χ1n) is 10.0. The number of hydrogen-bond acceptors (Lipinski definition) is 4. The van der Waals surface area contributed by atoms with Gasteiger partial charge in [-0.3, -0.25) is 0 Å². The molecule has 1 unspecified atom stereocenters. The summed E-state index contributed by atoms with van der Waals surface area (Å²) in [6.07, 6.45) is 4.95. The van der Waals surface area contributed by atoms with Crippen molar-refractivity contribution in [3.05, 3.63) is 66.2 Å². The third kappa shape index (κ3) is 4.63. The normalized spacial score (nSPS) is 18.1. The lowest BCUT2D eigenvalue weighted by Crippen LogP contribution is -2.58. The standard InChI is InChI=1S/C22H30N2O3S/c23-17-16-22(25,18-19-10-4-1-5-11-19)24(20-12-6-2-7-13-20)28(26,27)21-14-8-3-9-15-21/h1,3-5,8-11,14-15,20,25H,2,6-7,12-13,16-18,23H2. The number of hydrogen-bond donors (Lipinski definition) is 2. The number of benzene rings is 2. The number of sulfonamides is 1. The van der Waals surface area contributed by atoms with Crippen molar-refractivity contribution in [3.8, 4) is 0 Å². The molecule has 0 heterocycles. The highest BCUT2D eigenvalue weighted by atomic mass is 32.2. The van der Waals surface area contributed by atoms with Gasteiger partial charge in [0.2, 0.25) is 10.0 Å². The van der Waals surface area contributed by atoms with E-state index >= 15 is 0 Å². The van der Waals surface area contributed by atoms with Gasteiger partial charge < -0.3 is 10.8 Å². The molecule has 152 valence electrons. The predicted octanol–water partition coefficient (Wildman–Crippen LogP) is 3.29. The van der Waals surface area contributed by atoms with Crippen LogP contribution in [0, 0.1) is 0 Å². The third-order valence-electron chi connectivity index (χ3n) is 5.49. The lowest BCUT2D eigenvalue weighted by atomic mass is 9.92. The van der Waals surface area contributed by atoms with E-state index in [0.717, 1.165) is 37.7 Å². The summed E-state index contributed by atoms with van der Waals surface area (Å²) in [5.74, 6) is 0. The van der Waals surface area contributed by atoms with Crippen molar-refractivity contribution in [3.63, 3.8) is 0 Å². The van der Waals surface area contributed by atoms with Gasteiger partial charge in [-0.2, -0.15) is 4.31 Å². The fourth-order valence-electron chi connectivity index (χ4n) is 4.21. The highest BCUT2D eigenvalue weighted by Crippen LogP contribution is 2.36. The summed E-state index contributed by atoms with van der Waals surface area (Å²) in [6.45, 7) is 0.205. The molecule has 2 aromatic rings. The average Bonchev–Trinajstić information content (AvgIpc) is 2.70. The van der Waals surface area contributed by atoms with Crippen molar-refractivity contribution in [1.29, 1.82) is 0 Å². The van der Waals surface area contributed by atoms with Crippen LogP contribution >= 0.6 is 0 Å². The monoisotopic (exact) mass is 402 g/mol. The largest absolute Gasteiger partial charge is 0.374 e. The van der Waals surface area contributed by atoms with E-state index in [1.165, 1.54) is 4.31 Å². The molecule has 1 atom stereocenters. The van der Waals surface area contributed by atoms with E-state index in [-0.39, 0.29) is 30.3 Å². The molecule has 3 rings (SSSR count). The van der Waals surface area contributed by atoms with Crippen molar-refractivity contribution in [1.82, 2.24) is 4.31 Å². The first-order chi connectivity index (χ1) is 13.5. The molecule has 3 N–H and O–H groups in total. The maximum Gasteiger partial charge on any atom is 0.245 e. The number of aliphatic hydroxyl groups is 1. The molecular formula is C22H30N2O3S. The maximum absolute atomic E-state index is 13.7. The van der Waals surface area contributed by atoms with E-state index in [2.05, 4.69) is 0 Å². The molecular weight excluding hydrogens is 372 g/mol. The molecule has 0 saturated heterocycles. The second-order valence-electron chi connectivity index (χ2n) is 7.59. The average molecular weight is 403 g/mol. The van der Waals surface area contributed by atoms with Crippen LogP contribution in [-0.4, -0.2) is 36.1 Å². The van der Waals surface area contributed by atoms with E-state index in [4.69, 9.17) is 5.73 Å². The van der Waals surface area contributed by atoms with E-state index in [0.29, 0.717) is 0 Å². The Balaban J connectivity index is 2.07. The number of rotatable bonds is 8. The third-order valence-corrected chi connectivity index (χ3v) is 7.52. The van der Waals surface area contributed by atoms with Crippen LogP contribution in [0.5, 0.6) is 0 Å². The highest BCUT2D eigenvalue weighted by Gasteiger charge is 2.46. The molecule has 0 radical (unpaired) electrons. The predicted molar refractivity (Wildman–Crippen MR) is 111 cm³/mol. The Morgan fingerprint density at radius 2 is 1.54 bits per heavy atom. The smallest absolute Gasteiger partial charge is 0.245 e. The van der Waals surface area contributed by atoms with Crippen molar-refractivity contribution in [2.24, 2.45) is 5.73 Å². The van der Waals surface area contributed by atoms with Crippen molar-refractivity contribution in [2.45, 2.75) is 61.6 Å². The molecule has 6 heteroatoms. The Bertz CT molecular complexity index is 837. The fraction of sp³-hybridized carbons (Fsp3) is 0.455. The van der Waals surface area contributed by atoms with E-state index in [9.17, 15) is 13.5 Å². The zero-order chi connectivity index (χ0) is 20.0. The summed E-state index contributed by atoms with van der Waals surface area (Å²) in [5.41, 5.74) is 5.16. The zero-order valence-corrected chi connectivity index (χ0v) is 17.0. The molecule has 0 amide bonds. The van der Waals surface area contributed by atoms with Crippen LogP contribution in [0.25, 0.3) is 0 Å². The molecule has 0 spiro atoms.